The summed E-state index contributed by atoms with van der Waals surface area (Å²) in [5, 5.41) is 3.37. The van der Waals surface area contributed by atoms with E-state index in [9.17, 15) is 9.59 Å². The molecule has 0 spiro atoms. The van der Waals surface area contributed by atoms with Gasteiger partial charge in [0.2, 0.25) is 5.91 Å². The maximum absolute atomic E-state index is 14.3. The first-order valence-electron chi connectivity index (χ1n) is 17.2. The molecule has 1 N–H and O–H groups in total. The normalized spacial score (nSPS) is 44.6. The summed E-state index contributed by atoms with van der Waals surface area (Å²) in [5.41, 5.74) is 2.50. The molecular formula is C38H56N2O3. The van der Waals surface area contributed by atoms with Gasteiger partial charge in [-0.25, -0.2) is 0 Å². The fourth-order valence-electron chi connectivity index (χ4n) is 12.8. The van der Waals surface area contributed by atoms with E-state index in [0.717, 1.165) is 44.2 Å². The highest BCUT2D eigenvalue weighted by molar-refractivity contribution is 5.83. The van der Waals surface area contributed by atoms with E-state index in [-0.39, 0.29) is 45.1 Å². The molecule has 1 aromatic heterocycles. The van der Waals surface area contributed by atoms with Crippen LogP contribution in [0.5, 0.6) is 0 Å². The standard InChI is InChI=1S/C38H56N2O3/c1-24(2)27-14-19-38(33(42)40-23-26-11-9-10-22-39-26)21-20-36(7)28(32(27)38)12-13-30-35(6)17-16-31(43-25(3)41)34(4,5)29(35)15-18-37(30,36)8/h9-11,22,27-32H,1,12-21,23H2,2-8H3,(H,40,42)/t27-,28+,29-,30+,31-,32+,35-,36+,37+,38-/m0/s1. The number of amides is 1. The van der Waals surface area contributed by atoms with Gasteiger partial charge < -0.3 is 10.1 Å². The fraction of sp³-hybridized carbons (Fsp3) is 0.763. The minimum Gasteiger partial charge on any atom is -0.462 e. The van der Waals surface area contributed by atoms with Gasteiger partial charge in [-0.1, -0.05) is 52.8 Å². The molecule has 0 unspecified atom stereocenters. The first kappa shape index (κ1) is 30.8. The predicted molar refractivity (Wildman–Crippen MR) is 171 cm³/mol. The van der Waals surface area contributed by atoms with Crippen molar-refractivity contribution in [3.05, 3.63) is 42.2 Å². The number of ether oxygens (including phenoxy) is 1. The fourth-order valence-corrected chi connectivity index (χ4v) is 12.8. The molecule has 6 rings (SSSR count). The van der Waals surface area contributed by atoms with Crippen LogP contribution in [0.1, 0.15) is 118 Å². The Hall–Kier alpha value is -2.17. The number of nitrogens with one attached hydrogen (secondary N) is 1. The van der Waals surface area contributed by atoms with E-state index < -0.39 is 0 Å². The lowest BCUT2D eigenvalue weighted by atomic mass is 9.32. The first-order chi connectivity index (χ1) is 20.2. The third-order valence-corrected chi connectivity index (χ3v) is 14.9. The van der Waals surface area contributed by atoms with Gasteiger partial charge in [0, 0.05) is 18.5 Å². The summed E-state index contributed by atoms with van der Waals surface area (Å²) >= 11 is 0. The molecule has 236 valence electrons. The van der Waals surface area contributed by atoms with E-state index >= 15 is 0 Å². The van der Waals surface area contributed by atoms with Crippen LogP contribution in [0.4, 0.5) is 0 Å². The number of carbonyl (C=O) groups is 2. The van der Waals surface area contributed by atoms with E-state index in [0.29, 0.717) is 36.1 Å². The Kier molecular flexibility index (Phi) is 7.49. The molecule has 0 aliphatic heterocycles. The largest absolute Gasteiger partial charge is 0.462 e. The van der Waals surface area contributed by atoms with Gasteiger partial charge in [-0.05, 0) is 129 Å². The van der Waals surface area contributed by atoms with Crippen molar-refractivity contribution >= 4 is 11.9 Å². The van der Waals surface area contributed by atoms with E-state index in [2.05, 4.69) is 58.4 Å². The summed E-state index contributed by atoms with van der Waals surface area (Å²) < 4.78 is 5.94. The minimum atomic E-state index is -0.309. The number of fused-ring (bicyclic) bond motifs is 7. The summed E-state index contributed by atoms with van der Waals surface area (Å²) in [6.07, 6.45) is 12.9. The van der Waals surface area contributed by atoms with Crippen molar-refractivity contribution in [1.29, 1.82) is 0 Å². The Morgan fingerprint density at radius 2 is 1.67 bits per heavy atom. The molecular weight excluding hydrogens is 532 g/mol. The third-order valence-electron chi connectivity index (χ3n) is 14.9. The zero-order valence-electron chi connectivity index (χ0n) is 27.9. The van der Waals surface area contributed by atoms with Gasteiger partial charge in [-0.2, -0.15) is 0 Å². The molecule has 0 radical (unpaired) electrons. The number of hydrogen-bond donors (Lipinski definition) is 1. The molecule has 0 aromatic carbocycles. The lowest BCUT2D eigenvalue weighted by Gasteiger charge is -2.72. The van der Waals surface area contributed by atoms with Crippen LogP contribution in [0.3, 0.4) is 0 Å². The Bertz CT molecular complexity index is 1270. The van der Waals surface area contributed by atoms with Crippen molar-refractivity contribution in [1.82, 2.24) is 10.3 Å². The predicted octanol–water partition coefficient (Wildman–Crippen LogP) is 8.29. The van der Waals surface area contributed by atoms with E-state index in [4.69, 9.17) is 4.74 Å². The number of allylic oxidation sites excluding steroid dienone is 1. The van der Waals surface area contributed by atoms with Crippen LogP contribution in [-0.4, -0.2) is 23.0 Å². The highest BCUT2D eigenvalue weighted by Crippen LogP contribution is 2.77. The molecule has 0 saturated heterocycles. The molecule has 5 heteroatoms. The van der Waals surface area contributed by atoms with Gasteiger partial charge in [0.15, 0.2) is 0 Å². The average Bonchev–Trinajstić information content (AvgIpc) is 3.35. The molecule has 0 bridgehead atoms. The number of nitrogens with zero attached hydrogens (tertiary/aromatic N) is 1. The maximum Gasteiger partial charge on any atom is 0.302 e. The summed E-state index contributed by atoms with van der Waals surface area (Å²) in [5.74, 6) is 2.59. The smallest absolute Gasteiger partial charge is 0.302 e. The van der Waals surface area contributed by atoms with Gasteiger partial charge in [0.25, 0.3) is 0 Å². The van der Waals surface area contributed by atoms with Gasteiger partial charge in [0.05, 0.1) is 17.7 Å². The number of aromatic nitrogens is 1. The lowest BCUT2D eigenvalue weighted by Crippen LogP contribution is -2.67. The second-order valence-electron chi connectivity index (χ2n) is 16.8. The molecule has 1 heterocycles. The van der Waals surface area contributed by atoms with Crippen molar-refractivity contribution in [3.8, 4) is 0 Å². The molecule has 1 amide bonds. The van der Waals surface area contributed by atoms with Gasteiger partial charge in [-0.3, -0.25) is 14.6 Å². The van der Waals surface area contributed by atoms with Crippen LogP contribution in [0.25, 0.3) is 0 Å². The molecule has 1 aromatic rings. The number of rotatable bonds is 5. The topological polar surface area (TPSA) is 68.3 Å². The zero-order valence-corrected chi connectivity index (χ0v) is 27.9. The second-order valence-corrected chi connectivity index (χ2v) is 16.8. The monoisotopic (exact) mass is 588 g/mol. The molecule has 5 aliphatic carbocycles. The van der Waals surface area contributed by atoms with Gasteiger partial charge in [0.1, 0.15) is 6.10 Å². The Morgan fingerprint density at radius 1 is 0.907 bits per heavy atom. The highest BCUT2D eigenvalue weighted by atomic mass is 16.5. The van der Waals surface area contributed by atoms with Crippen LogP contribution in [0.15, 0.2) is 36.5 Å². The quantitative estimate of drug-likeness (QED) is 0.278. The minimum absolute atomic E-state index is 0.00839. The maximum atomic E-state index is 14.3. The van der Waals surface area contributed by atoms with Crippen LogP contribution in [0.2, 0.25) is 0 Å². The van der Waals surface area contributed by atoms with E-state index in [1.165, 1.54) is 31.3 Å². The van der Waals surface area contributed by atoms with E-state index in [1.54, 1.807) is 13.1 Å². The van der Waals surface area contributed by atoms with Crippen LogP contribution in [-0.2, 0) is 20.9 Å². The molecule has 5 saturated carbocycles. The summed E-state index contributed by atoms with van der Waals surface area (Å²) in [4.78, 5) is 30.8. The van der Waals surface area contributed by atoms with Crippen LogP contribution in [0, 0.1) is 56.7 Å². The van der Waals surface area contributed by atoms with Gasteiger partial charge in [-0.15, -0.1) is 0 Å². The molecule has 5 aliphatic rings. The number of pyridine rings is 1. The number of esters is 1. The summed E-state index contributed by atoms with van der Waals surface area (Å²) in [7, 11) is 0. The Balaban J connectivity index is 1.31. The average molecular weight is 589 g/mol. The Morgan fingerprint density at radius 3 is 2.35 bits per heavy atom. The summed E-state index contributed by atoms with van der Waals surface area (Å²) in [6, 6.07) is 5.92. The zero-order chi connectivity index (χ0) is 31.0. The second kappa shape index (κ2) is 10.4. The SMILES string of the molecule is C=C(C)[C@@H]1CC[C@]2(C(=O)NCc3ccccn3)CC[C@]3(C)[C@H](CC[C@@H]4[C@@]5(C)CC[C@H](OC(C)=O)C(C)(C)[C@@H]5CC[C@]43C)[C@@H]12. The third kappa shape index (κ3) is 4.40. The number of carbonyl (C=O) groups excluding carboxylic acids is 2. The lowest BCUT2D eigenvalue weighted by molar-refractivity contribution is -0.248. The molecule has 5 nitrogen and oxygen atoms in total. The van der Waals surface area contributed by atoms with Crippen LogP contribution < -0.4 is 5.32 Å². The molecule has 43 heavy (non-hydrogen) atoms. The molecule has 5 fully saturated rings. The van der Waals surface area contributed by atoms with E-state index in [1.807, 2.05) is 18.2 Å². The van der Waals surface area contributed by atoms with Crippen LogP contribution >= 0.6 is 0 Å². The van der Waals surface area contributed by atoms with Crippen molar-refractivity contribution in [3.63, 3.8) is 0 Å². The summed E-state index contributed by atoms with van der Waals surface area (Å²) in [6.45, 7) is 21.4. The van der Waals surface area contributed by atoms with Crippen molar-refractivity contribution in [2.24, 2.45) is 56.7 Å². The van der Waals surface area contributed by atoms with Crippen molar-refractivity contribution < 1.29 is 14.3 Å². The molecule has 10 atom stereocenters. The first-order valence-corrected chi connectivity index (χ1v) is 17.2. The highest BCUT2D eigenvalue weighted by Gasteiger charge is 2.72. The Labute approximate surface area is 260 Å². The van der Waals surface area contributed by atoms with Crippen molar-refractivity contribution in [2.45, 2.75) is 125 Å². The van der Waals surface area contributed by atoms with Crippen molar-refractivity contribution in [2.75, 3.05) is 0 Å². The number of hydrogen-bond acceptors (Lipinski definition) is 4. The van der Waals surface area contributed by atoms with Gasteiger partial charge >= 0.3 is 5.97 Å².